The summed E-state index contributed by atoms with van der Waals surface area (Å²) >= 11 is 1.66. The molecule has 0 aliphatic heterocycles. The molecule has 7 heteroatoms. The van der Waals surface area contributed by atoms with Gasteiger partial charge in [0.2, 0.25) is 5.91 Å². The van der Waals surface area contributed by atoms with Crippen LogP contribution < -0.4 is 5.32 Å². The van der Waals surface area contributed by atoms with Crippen LogP contribution >= 0.6 is 23.7 Å². The summed E-state index contributed by atoms with van der Waals surface area (Å²) in [5, 5.41) is 7.32. The van der Waals surface area contributed by atoms with Crippen molar-refractivity contribution in [2.45, 2.75) is 19.0 Å². The molecule has 0 aromatic carbocycles. The Bertz CT molecular complexity index is 799. The van der Waals surface area contributed by atoms with Crippen LogP contribution in [-0.2, 0) is 17.8 Å². The maximum atomic E-state index is 12.6. The third-order valence-electron chi connectivity index (χ3n) is 4.01. The van der Waals surface area contributed by atoms with E-state index < -0.39 is 0 Å². The molecule has 0 spiro atoms. The van der Waals surface area contributed by atoms with E-state index >= 15 is 0 Å². The zero-order valence-electron chi connectivity index (χ0n) is 15.1. The standard InChI is InChI=1S/C20H22N4OS.ClH/c1-24(13-18-6-2-3-9-22-18)14-20(25)23-19(11-16-7-10-26-15-16)17-5-4-8-21-12-17;/h2-10,12,15,19H,11,13-14H2,1H3,(H,23,25);1H. The molecule has 27 heavy (non-hydrogen) atoms. The average Bonchev–Trinajstić information content (AvgIpc) is 3.16. The molecule has 3 aromatic rings. The van der Waals surface area contributed by atoms with Gasteiger partial charge in [0.1, 0.15) is 0 Å². The van der Waals surface area contributed by atoms with Gasteiger partial charge in [0.25, 0.3) is 0 Å². The number of hydrogen-bond donors (Lipinski definition) is 1. The highest BCUT2D eigenvalue weighted by atomic mass is 35.5. The highest BCUT2D eigenvalue weighted by Crippen LogP contribution is 2.19. The Morgan fingerprint density at radius 2 is 2.11 bits per heavy atom. The van der Waals surface area contributed by atoms with Crippen molar-refractivity contribution in [2.75, 3.05) is 13.6 Å². The number of pyridine rings is 2. The van der Waals surface area contributed by atoms with Gasteiger partial charge in [0.05, 0.1) is 18.3 Å². The summed E-state index contributed by atoms with van der Waals surface area (Å²) in [7, 11) is 1.92. The van der Waals surface area contributed by atoms with Crippen molar-refractivity contribution in [3.63, 3.8) is 0 Å². The first kappa shape index (κ1) is 21.0. The normalized spacial score (nSPS) is 11.6. The number of nitrogens with zero attached hydrogens (tertiary/aromatic N) is 3. The third kappa shape index (κ3) is 6.75. The van der Waals surface area contributed by atoms with E-state index in [1.165, 1.54) is 5.56 Å². The number of hydrogen-bond acceptors (Lipinski definition) is 5. The van der Waals surface area contributed by atoms with Crippen LogP contribution in [0.2, 0.25) is 0 Å². The Morgan fingerprint density at radius 1 is 1.22 bits per heavy atom. The lowest BCUT2D eigenvalue weighted by atomic mass is 10.0. The highest BCUT2D eigenvalue weighted by Gasteiger charge is 2.17. The minimum atomic E-state index is -0.0888. The average molecular weight is 403 g/mol. The quantitative estimate of drug-likeness (QED) is 0.626. The molecule has 5 nitrogen and oxygen atoms in total. The predicted octanol–water partition coefficient (Wildman–Crippen LogP) is 3.49. The molecule has 142 valence electrons. The largest absolute Gasteiger partial charge is 0.348 e. The van der Waals surface area contributed by atoms with Crippen molar-refractivity contribution in [1.29, 1.82) is 0 Å². The monoisotopic (exact) mass is 402 g/mol. The number of nitrogens with one attached hydrogen (secondary N) is 1. The molecule has 3 rings (SSSR count). The van der Waals surface area contributed by atoms with Crippen LogP contribution in [0.5, 0.6) is 0 Å². The molecule has 3 heterocycles. The molecule has 1 atom stereocenters. The lowest BCUT2D eigenvalue weighted by Gasteiger charge is -2.21. The van der Waals surface area contributed by atoms with Gasteiger partial charge in [-0.3, -0.25) is 19.7 Å². The molecular formula is C20H23ClN4OS. The van der Waals surface area contributed by atoms with E-state index in [0.717, 1.165) is 17.7 Å². The molecule has 0 aliphatic rings. The third-order valence-corrected chi connectivity index (χ3v) is 4.75. The number of halogens is 1. The summed E-state index contributed by atoms with van der Waals surface area (Å²) in [6.45, 7) is 0.952. The fourth-order valence-electron chi connectivity index (χ4n) is 2.79. The number of aromatic nitrogens is 2. The maximum Gasteiger partial charge on any atom is 0.234 e. The van der Waals surface area contributed by atoms with Crippen LogP contribution in [-0.4, -0.2) is 34.4 Å². The van der Waals surface area contributed by atoms with Crippen LogP contribution in [0.3, 0.4) is 0 Å². The topological polar surface area (TPSA) is 58.1 Å². The Morgan fingerprint density at radius 3 is 2.78 bits per heavy atom. The molecule has 1 amide bonds. The number of amides is 1. The van der Waals surface area contributed by atoms with Gasteiger partial charge in [-0.15, -0.1) is 12.4 Å². The Labute approximate surface area is 169 Å². The number of thiophene rings is 1. The molecule has 0 bridgehead atoms. The van der Waals surface area contributed by atoms with E-state index in [9.17, 15) is 4.79 Å². The summed E-state index contributed by atoms with van der Waals surface area (Å²) in [5.74, 6) is -0.00693. The van der Waals surface area contributed by atoms with E-state index in [1.54, 1.807) is 23.7 Å². The summed E-state index contributed by atoms with van der Waals surface area (Å²) in [6, 6.07) is 11.7. The van der Waals surface area contributed by atoms with Crippen LogP contribution in [0.25, 0.3) is 0 Å². The van der Waals surface area contributed by atoms with E-state index in [-0.39, 0.29) is 24.4 Å². The lowest BCUT2D eigenvalue weighted by molar-refractivity contribution is -0.122. The van der Waals surface area contributed by atoms with Crippen LogP contribution in [0, 0.1) is 0 Å². The Kier molecular flexibility index (Phi) is 8.39. The van der Waals surface area contributed by atoms with Crippen molar-refractivity contribution in [3.05, 3.63) is 82.6 Å². The molecule has 1 N–H and O–H groups in total. The zero-order chi connectivity index (χ0) is 18.2. The smallest absolute Gasteiger partial charge is 0.234 e. The molecule has 0 saturated carbocycles. The van der Waals surface area contributed by atoms with Crippen molar-refractivity contribution < 1.29 is 4.79 Å². The first-order valence-electron chi connectivity index (χ1n) is 8.49. The van der Waals surface area contributed by atoms with Crippen molar-refractivity contribution in [2.24, 2.45) is 0 Å². The molecule has 1 unspecified atom stereocenters. The number of rotatable bonds is 8. The van der Waals surface area contributed by atoms with Gasteiger partial charge in [0.15, 0.2) is 0 Å². The molecule has 0 fully saturated rings. The zero-order valence-corrected chi connectivity index (χ0v) is 16.7. The Hall–Kier alpha value is -2.28. The van der Waals surface area contributed by atoms with E-state index in [1.807, 2.05) is 48.5 Å². The molecule has 0 saturated heterocycles. The minimum absolute atomic E-state index is 0. The van der Waals surface area contributed by atoms with Gasteiger partial charge in [0, 0.05) is 25.1 Å². The number of carbonyl (C=O) groups is 1. The SMILES string of the molecule is CN(CC(=O)NC(Cc1ccsc1)c1cccnc1)Cc1ccccn1.Cl. The maximum absolute atomic E-state index is 12.6. The minimum Gasteiger partial charge on any atom is -0.348 e. The van der Waals surface area contributed by atoms with Gasteiger partial charge in [-0.1, -0.05) is 12.1 Å². The fraction of sp³-hybridized carbons (Fsp3) is 0.250. The van der Waals surface area contributed by atoms with Gasteiger partial charge < -0.3 is 5.32 Å². The van der Waals surface area contributed by atoms with E-state index in [4.69, 9.17) is 0 Å². The van der Waals surface area contributed by atoms with E-state index in [0.29, 0.717) is 13.1 Å². The first-order valence-corrected chi connectivity index (χ1v) is 9.44. The highest BCUT2D eigenvalue weighted by molar-refractivity contribution is 7.07. The summed E-state index contributed by atoms with van der Waals surface area (Å²) in [4.78, 5) is 23.0. The molecular weight excluding hydrogens is 380 g/mol. The predicted molar refractivity (Wildman–Crippen MR) is 111 cm³/mol. The Balaban J connectivity index is 0.00000261. The van der Waals surface area contributed by atoms with E-state index in [2.05, 4.69) is 32.1 Å². The summed E-state index contributed by atoms with van der Waals surface area (Å²) < 4.78 is 0. The van der Waals surface area contributed by atoms with Crippen LogP contribution in [0.1, 0.15) is 22.9 Å². The van der Waals surface area contributed by atoms with Gasteiger partial charge >= 0.3 is 0 Å². The van der Waals surface area contributed by atoms with Crippen molar-refractivity contribution >= 4 is 29.7 Å². The first-order chi connectivity index (χ1) is 12.7. The van der Waals surface area contributed by atoms with Crippen molar-refractivity contribution in [1.82, 2.24) is 20.2 Å². The summed E-state index contributed by atoms with van der Waals surface area (Å²) in [5.41, 5.74) is 3.18. The van der Waals surface area contributed by atoms with Gasteiger partial charge in [-0.2, -0.15) is 11.3 Å². The molecule has 0 radical (unpaired) electrons. The van der Waals surface area contributed by atoms with Crippen molar-refractivity contribution in [3.8, 4) is 0 Å². The summed E-state index contributed by atoms with van der Waals surface area (Å²) in [6.07, 6.45) is 6.08. The van der Waals surface area contributed by atoms with Crippen LogP contribution in [0.4, 0.5) is 0 Å². The van der Waals surface area contributed by atoms with Gasteiger partial charge in [-0.25, -0.2) is 0 Å². The second-order valence-electron chi connectivity index (χ2n) is 6.24. The second kappa shape index (κ2) is 10.8. The van der Waals surface area contributed by atoms with Gasteiger partial charge in [-0.05, 0) is 59.6 Å². The molecule has 3 aromatic heterocycles. The second-order valence-corrected chi connectivity index (χ2v) is 7.02. The lowest BCUT2D eigenvalue weighted by Crippen LogP contribution is -2.37. The number of carbonyl (C=O) groups excluding carboxylic acids is 1. The molecule has 0 aliphatic carbocycles. The van der Waals surface area contributed by atoms with Crippen LogP contribution in [0.15, 0.2) is 65.7 Å². The fourth-order valence-corrected chi connectivity index (χ4v) is 3.47. The number of likely N-dealkylation sites (N-methyl/N-ethyl adjacent to an activating group) is 1.